The summed E-state index contributed by atoms with van der Waals surface area (Å²) < 4.78 is 0. The molecule has 31 heavy (non-hydrogen) atoms. The Hall–Kier alpha value is -3.05. The summed E-state index contributed by atoms with van der Waals surface area (Å²) in [5.74, 6) is 0.495. The number of amides is 2. The first-order valence-corrected chi connectivity index (χ1v) is 11.4. The molecule has 1 saturated heterocycles. The average Bonchev–Trinajstić information content (AvgIpc) is 3.11. The fraction of sp³-hybridized carbons (Fsp3) is 0.231. The standard InChI is InChI=1S/C26H26N2O2S/c1-17-13-18(2)24(19(3)14-17)27-25(30)21-9-11-22(12-10-21)26-28(23(29)16-31-26)15-20-7-5-4-6-8-20/h4-14,26H,15-16H2,1-3H3,(H,27,30). The van der Waals surface area contributed by atoms with E-state index in [1.165, 1.54) is 5.56 Å². The summed E-state index contributed by atoms with van der Waals surface area (Å²) in [6.07, 6.45) is 0. The van der Waals surface area contributed by atoms with E-state index in [0.29, 0.717) is 17.9 Å². The number of anilines is 1. The molecule has 1 N–H and O–H groups in total. The van der Waals surface area contributed by atoms with Crippen molar-refractivity contribution in [3.63, 3.8) is 0 Å². The fourth-order valence-corrected chi connectivity index (χ4v) is 5.23. The van der Waals surface area contributed by atoms with Crippen molar-refractivity contribution in [1.82, 2.24) is 4.90 Å². The predicted molar refractivity (Wildman–Crippen MR) is 127 cm³/mol. The quantitative estimate of drug-likeness (QED) is 0.570. The number of nitrogens with zero attached hydrogens (tertiary/aromatic N) is 1. The molecule has 0 aromatic heterocycles. The van der Waals surface area contributed by atoms with E-state index in [1.807, 2.05) is 73.3 Å². The van der Waals surface area contributed by atoms with E-state index in [-0.39, 0.29) is 17.2 Å². The molecule has 1 atom stereocenters. The predicted octanol–water partition coefficient (Wildman–Crippen LogP) is 5.64. The number of thioether (sulfide) groups is 1. The zero-order valence-electron chi connectivity index (χ0n) is 18.0. The van der Waals surface area contributed by atoms with Crippen molar-refractivity contribution in [3.8, 4) is 0 Å². The second-order valence-corrected chi connectivity index (χ2v) is 9.09. The van der Waals surface area contributed by atoms with E-state index in [4.69, 9.17) is 0 Å². The summed E-state index contributed by atoms with van der Waals surface area (Å²) in [4.78, 5) is 27.2. The largest absolute Gasteiger partial charge is 0.322 e. The van der Waals surface area contributed by atoms with Gasteiger partial charge in [0.1, 0.15) is 5.37 Å². The zero-order chi connectivity index (χ0) is 22.0. The highest BCUT2D eigenvalue weighted by molar-refractivity contribution is 8.00. The maximum Gasteiger partial charge on any atom is 0.255 e. The van der Waals surface area contributed by atoms with Gasteiger partial charge in [-0.15, -0.1) is 11.8 Å². The molecule has 1 aliphatic heterocycles. The third kappa shape index (κ3) is 4.67. The first-order chi connectivity index (χ1) is 14.9. The van der Waals surface area contributed by atoms with Crippen molar-refractivity contribution in [2.75, 3.05) is 11.1 Å². The molecular weight excluding hydrogens is 404 g/mol. The number of carbonyl (C=O) groups is 2. The van der Waals surface area contributed by atoms with Gasteiger partial charge in [0.15, 0.2) is 0 Å². The summed E-state index contributed by atoms with van der Waals surface area (Å²) in [7, 11) is 0. The zero-order valence-corrected chi connectivity index (χ0v) is 18.8. The highest BCUT2D eigenvalue weighted by atomic mass is 32.2. The first kappa shape index (κ1) is 21.2. The summed E-state index contributed by atoms with van der Waals surface area (Å²) in [6, 6.07) is 21.8. The normalized spacial score (nSPS) is 15.9. The summed E-state index contributed by atoms with van der Waals surface area (Å²) in [5.41, 5.74) is 6.91. The van der Waals surface area contributed by atoms with Crippen molar-refractivity contribution < 1.29 is 9.59 Å². The SMILES string of the molecule is Cc1cc(C)c(NC(=O)c2ccc(C3SCC(=O)N3Cc3ccccc3)cc2)c(C)c1. The molecule has 0 aliphatic carbocycles. The number of rotatable bonds is 5. The van der Waals surface area contributed by atoms with Crippen molar-refractivity contribution in [2.45, 2.75) is 32.7 Å². The lowest BCUT2D eigenvalue weighted by atomic mass is 10.0. The van der Waals surface area contributed by atoms with Crippen LogP contribution in [0.2, 0.25) is 0 Å². The lowest BCUT2D eigenvalue weighted by molar-refractivity contribution is -0.128. The Morgan fingerprint density at radius 2 is 1.65 bits per heavy atom. The molecule has 4 rings (SSSR count). The van der Waals surface area contributed by atoms with Crippen LogP contribution in [0.5, 0.6) is 0 Å². The minimum absolute atomic E-state index is 0.0357. The maximum absolute atomic E-state index is 12.8. The van der Waals surface area contributed by atoms with Crippen LogP contribution < -0.4 is 5.32 Å². The van der Waals surface area contributed by atoms with Gasteiger partial charge in [-0.2, -0.15) is 0 Å². The second kappa shape index (κ2) is 8.98. The van der Waals surface area contributed by atoms with Gasteiger partial charge in [-0.25, -0.2) is 0 Å². The van der Waals surface area contributed by atoms with Gasteiger partial charge >= 0.3 is 0 Å². The molecule has 0 bridgehead atoms. The van der Waals surface area contributed by atoms with Gasteiger partial charge < -0.3 is 10.2 Å². The molecule has 1 aliphatic rings. The number of hydrogen-bond donors (Lipinski definition) is 1. The van der Waals surface area contributed by atoms with Crippen LogP contribution >= 0.6 is 11.8 Å². The van der Waals surface area contributed by atoms with Crippen LogP contribution in [0.25, 0.3) is 0 Å². The lowest BCUT2D eigenvalue weighted by Gasteiger charge is -2.24. The van der Waals surface area contributed by atoms with Crippen molar-refractivity contribution >= 4 is 29.3 Å². The number of benzene rings is 3. The topological polar surface area (TPSA) is 49.4 Å². The molecule has 5 heteroatoms. The monoisotopic (exact) mass is 430 g/mol. The number of hydrogen-bond acceptors (Lipinski definition) is 3. The van der Waals surface area contributed by atoms with E-state index in [0.717, 1.165) is 27.9 Å². The molecule has 3 aromatic carbocycles. The molecule has 1 fully saturated rings. The molecule has 1 unspecified atom stereocenters. The van der Waals surface area contributed by atoms with Gasteiger partial charge in [0.05, 0.1) is 5.75 Å². The Bertz CT molecular complexity index is 1090. The van der Waals surface area contributed by atoms with Crippen LogP contribution in [-0.4, -0.2) is 22.5 Å². The van der Waals surface area contributed by atoms with Gasteiger partial charge in [-0.3, -0.25) is 9.59 Å². The van der Waals surface area contributed by atoms with Gasteiger partial charge in [0.2, 0.25) is 5.91 Å². The van der Waals surface area contributed by atoms with Gasteiger partial charge in [0, 0.05) is 17.8 Å². The van der Waals surface area contributed by atoms with Gasteiger partial charge in [-0.05, 0) is 55.2 Å². The maximum atomic E-state index is 12.8. The Balaban J connectivity index is 1.50. The highest BCUT2D eigenvalue weighted by Crippen LogP contribution is 2.39. The molecule has 158 valence electrons. The number of nitrogens with one attached hydrogen (secondary N) is 1. The van der Waals surface area contributed by atoms with E-state index in [9.17, 15) is 9.59 Å². The average molecular weight is 431 g/mol. The van der Waals surface area contributed by atoms with E-state index >= 15 is 0 Å². The van der Waals surface area contributed by atoms with Crippen LogP contribution in [-0.2, 0) is 11.3 Å². The van der Waals surface area contributed by atoms with Gasteiger partial charge in [-0.1, -0.05) is 60.2 Å². The molecule has 1 heterocycles. The Morgan fingerprint density at radius 3 is 2.29 bits per heavy atom. The smallest absolute Gasteiger partial charge is 0.255 e. The Kier molecular flexibility index (Phi) is 6.14. The van der Waals surface area contributed by atoms with Crippen LogP contribution in [0.15, 0.2) is 66.7 Å². The minimum atomic E-state index is -0.127. The molecule has 4 nitrogen and oxygen atoms in total. The molecular formula is C26H26N2O2S. The summed E-state index contributed by atoms with van der Waals surface area (Å²) >= 11 is 1.63. The highest BCUT2D eigenvalue weighted by Gasteiger charge is 2.32. The van der Waals surface area contributed by atoms with Crippen molar-refractivity contribution in [2.24, 2.45) is 0 Å². The third-order valence-corrected chi connectivity index (χ3v) is 6.79. The molecule has 0 saturated carbocycles. The molecule has 2 amide bonds. The summed E-state index contributed by atoms with van der Waals surface area (Å²) in [6.45, 7) is 6.66. The Morgan fingerprint density at radius 1 is 1.00 bits per heavy atom. The lowest BCUT2D eigenvalue weighted by Crippen LogP contribution is -2.27. The Labute approximate surface area is 187 Å². The first-order valence-electron chi connectivity index (χ1n) is 10.4. The van der Waals surface area contributed by atoms with Gasteiger partial charge in [0.25, 0.3) is 5.91 Å². The van der Waals surface area contributed by atoms with E-state index in [1.54, 1.807) is 11.8 Å². The molecule has 0 spiro atoms. The van der Waals surface area contributed by atoms with Crippen LogP contribution in [0.3, 0.4) is 0 Å². The van der Waals surface area contributed by atoms with Crippen LogP contribution in [0, 0.1) is 20.8 Å². The van der Waals surface area contributed by atoms with Crippen molar-refractivity contribution in [1.29, 1.82) is 0 Å². The van der Waals surface area contributed by atoms with Crippen molar-refractivity contribution in [3.05, 3.63) is 100 Å². The minimum Gasteiger partial charge on any atom is -0.322 e. The number of aryl methyl sites for hydroxylation is 3. The van der Waals surface area contributed by atoms with E-state index in [2.05, 4.69) is 24.4 Å². The van der Waals surface area contributed by atoms with Crippen LogP contribution in [0.4, 0.5) is 5.69 Å². The molecule has 3 aromatic rings. The molecule has 0 radical (unpaired) electrons. The third-order valence-electron chi connectivity index (χ3n) is 5.54. The van der Waals surface area contributed by atoms with Crippen LogP contribution in [0.1, 0.15) is 43.5 Å². The number of carbonyl (C=O) groups excluding carboxylic acids is 2. The van der Waals surface area contributed by atoms with E-state index < -0.39 is 0 Å². The summed E-state index contributed by atoms with van der Waals surface area (Å²) in [5, 5.41) is 3.02. The second-order valence-electron chi connectivity index (χ2n) is 8.02. The fourth-order valence-electron chi connectivity index (χ4n) is 4.04.